The maximum Gasteiger partial charge on any atom is 0.408 e. The molecule has 7 nitrogen and oxygen atoms in total. The Bertz CT molecular complexity index is 750. The highest BCUT2D eigenvalue weighted by Gasteiger charge is 2.48. The number of ether oxygens (including phenoxy) is 1. The smallest absolute Gasteiger partial charge is 0.408 e. The minimum atomic E-state index is -4.53. The molecule has 4 N–H and O–H groups in total. The fourth-order valence-electron chi connectivity index (χ4n) is 3.75. The molecule has 2 heterocycles. The minimum Gasteiger partial charge on any atom is -0.480 e. The highest BCUT2D eigenvalue weighted by Crippen LogP contribution is 2.31. The van der Waals surface area contributed by atoms with Gasteiger partial charge in [-0.15, -0.1) is 0 Å². The van der Waals surface area contributed by atoms with E-state index in [9.17, 15) is 22.8 Å². The Morgan fingerprint density at radius 3 is 2.66 bits per heavy atom. The normalized spacial score (nSPS) is 28.5. The third-order valence-electron chi connectivity index (χ3n) is 5.59. The third-order valence-corrected chi connectivity index (χ3v) is 5.59. The summed E-state index contributed by atoms with van der Waals surface area (Å²) in [5.41, 5.74) is 6.10. The number of hydrogen-bond donors (Lipinski definition) is 3. The van der Waals surface area contributed by atoms with Crippen LogP contribution in [0.3, 0.4) is 0 Å². The van der Waals surface area contributed by atoms with Crippen molar-refractivity contribution < 1.29 is 27.5 Å². The van der Waals surface area contributed by atoms with Crippen molar-refractivity contribution in [2.75, 3.05) is 5.32 Å². The lowest BCUT2D eigenvalue weighted by molar-refractivity contribution is -0.155. The van der Waals surface area contributed by atoms with E-state index < -0.39 is 36.7 Å². The van der Waals surface area contributed by atoms with Gasteiger partial charge in [0, 0.05) is 18.7 Å². The van der Waals surface area contributed by atoms with E-state index in [0.29, 0.717) is 5.92 Å². The van der Waals surface area contributed by atoms with E-state index in [4.69, 9.17) is 10.5 Å². The number of alkyl halides is 3. The van der Waals surface area contributed by atoms with Gasteiger partial charge in [0.1, 0.15) is 17.6 Å². The van der Waals surface area contributed by atoms with E-state index in [1.807, 2.05) is 5.32 Å². The summed E-state index contributed by atoms with van der Waals surface area (Å²) in [6, 6.07) is 0.174. The first kappa shape index (κ1) is 21.4. The quantitative estimate of drug-likeness (QED) is 0.686. The summed E-state index contributed by atoms with van der Waals surface area (Å²) >= 11 is 0. The van der Waals surface area contributed by atoms with Crippen LogP contribution in [0.4, 0.5) is 19.0 Å². The van der Waals surface area contributed by atoms with Gasteiger partial charge < -0.3 is 21.1 Å². The van der Waals surface area contributed by atoms with Crippen molar-refractivity contribution in [3.05, 3.63) is 18.3 Å². The number of amides is 2. The molecule has 1 aromatic rings. The summed E-state index contributed by atoms with van der Waals surface area (Å²) < 4.78 is 43.7. The van der Waals surface area contributed by atoms with Gasteiger partial charge in [-0.1, -0.05) is 19.8 Å². The molecule has 2 fully saturated rings. The highest BCUT2D eigenvalue weighted by atomic mass is 19.4. The standard InChI is InChI=1S/C19H25F3N4O3/c1-10-2-4-11(5-3-10)16(23)18(28)26-15-8-12(6-7-24-15)29-13-9-14(19(20,21)22)25-17(13)27/h6-8,10-11,13-14,16H,2-5,9,23H2,1H3,(H,25,27)(H,24,26,28)/t10?,11?,13-,14-,16?/m0/s1. The molecule has 1 saturated carbocycles. The molecule has 1 unspecified atom stereocenters. The average molecular weight is 414 g/mol. The molecule has 10 heteroatoms. The van der Waals surface area contributed by atoms with Crippen LogP contribution in [0, 0.1) is 11.8 Å². The third kappa shape index (κ3) is 5.37. The molecule has 1 saturated heterocycles. The number of aromatic nitrogens is 1. The van der Waals surface area contributed by atoms with E-state index >= 15 is 0 Å². The Labute approximate surface area is 166 Å². The Morgan fingerprint density at radius 1 is 1.34 bits per heavy atom. The Hall–Kier alpha value is -2.36. The number of carbonyl (C=O) groups excluding carboxylic acids is 2. The SMILES string of the molecule is CC1CCC(C(N)C(=O)Nc2cc(O[C@H]3C[C@@H](C(F)(F)F)NC3=O)ccn2)CC1. The van der Waals surface area contributed by atoms with Crippen molar-refractivity contribution in [2.24, 2.45) is 17.6 Å². The topological polar surface area (TPSA) is 106 Å². The maximum atomic E-state index is 12.8. The van der Waals surface area contributed by atoms with E-state index in [2.05, 4.69) is 17.2 Å². The number of anilines is 1. The van der Waals surface area contributed by atoms with Gasteiger partial charge in [-0.05, 0) is 30.7 Å². The molecule has 0 aromatic carbocycles. The summed E-state index contributed by atoms with van der Waals surface area (Å²) in [6.45, 7) is 2.18. The van der Waals surface area contributed by atoms with Crippen LogP contribution in [0.25, 0.3) is 0 Å². The zero-order chi connectivity index (χ0) is 21.2. The summed E-state index contributed by atoms with van der Waals surface area (Å²) in [5.74, 6) is -0.154. The molecule has 2 amide bonds. The van der Waals surface area contributed by atoms with Crippen LogP contribution in [-0.4, -0.2) is 41.2 Å². The average Bonchev–Trinajstić information content (AvgIpc) is 3.03. The second-order valence-corrected chi connectivity index (χ2v) is 7.86. The number of pyridine rings is 1. The lowest BCUT2D eigenvalue weighted by Gasteiger charge is -2.29. The van der Waals surface area contributed by atoms with E-state index in [1.165, 1.54) is 18.3 Å². The van der Waals surface area contributed by atoms with Gasteiger partial charge in [0.2, 0.25) is 5.91 Å². The van der Waals surface area contributed by atoms with E-state index in [-0.39, 0.29) is 23.4 Å². The van der Waals surface area contributed by atoms with Gasteiger partial charge in [0.25, 0.3) is 5.91 Å². The molecule has 29 heavy (non-hydrogen) atoms. The molecule has 1 aromatic heterocycles. The van der Waals surface area contributed by atoms with Gasteiger partial charge in [0.15, 0.2) is 6.10 Å². The lowest BCUT2D eigenvalue weighted by atomic mass is 9.79. The van der Waals surface area contributed by atoms with Crippen molar-refractivity contribution in [1.29, 1.82) is 0 Å². The zero-order valence-electron chi connectivity index (χ0n) is 16.0. The van der Waals surface area contributed by atoms with E-state index in [1.54, 1.807) is 0 Å². The second kappa shape index (κ2) is 8.56. The van der Waals surface area contributed by atoms with Crippen LogP contribution < -0.4 is 21.1 Å². The second-order valence-electron chi connectivity index (χ2n) is 7.86. The van der Waals surface area contributed by atoms with Gasteiger partial charge in [-0.2, -0.15) is 13.2 Å². The largest absolute Gasteiger partial charge is 0.480 e. The van der Waals surface area contributed by atoms with Gasteiger partial charge >= 0.3 is 6.18 Å². The molecular weight excluding hydrogens is 389 g/mol. The Balaban J connectivity index is 1.58. The first-order valence-corrected chi connectivity index (χ1v) is 9.69. The van der Waals surface area contributed by atoms with Crippen LogP contribution in [0.2, 0.25) is 0 Å². The number of carbonyl (C=O) groups is 2. The van der Waals surface area contributed by atoms with Crippen molar-refractivity contribution in [2.45, 2.75) is 63.4 Å². The fraction of sp³-hybridized carbons (Fsp3) is 0.632. The Morgan fingerprint density at radius 2 is 2.03 bits per heavy atom. The first-order valence-electron chi connectivity index (χ1n) is 9.69. The molecule has 1 aliphatic heterocycles. The molecule has 0 bridgehead atoms. The van der Waals surface area contributed by atoms with E-state index in [0.717, 1.165) is 25.7 Å². The van der Waals surface area contributed by atoms with Crippen molar-refractivity contribution in [3.63, 3.8) is 0 Å². The number of halogens is 3. The van der Waals surface area contributed by atoms with Crippen LogP contribution in [0.15, 0.2) is 18.3 Å². The number of hydrogen-bond acceptors (Lipinski definition) is 5. The number of rotatable bonds is 5. The monoisotopic (exact) mass is 414 g/mol. The predicted octanol–water partition coefficient (Wildman–Crippen LogP) is 2.37. The predicted molar refractivity (Wildman–Crippen MR) is 99.0 cm³/mol. The summed E-state index contributed by atoms with van der Waals surface area (Å²) in [5, 5.41) is 4.50. The number of nitrogens with two attached hydrogens (primary N) is 1. The lowest BCUT2D eigenvalue weighted by Crippen LogP contribution is -2.43. The van der Waals surface area contributed by atoms with Crippen molar-refractivity contribution in [1.82, 2.24) is 10.3 Å². The minimum absolute atomic E-state index is 0.104. The molecule has 0 radical (unpaired) electrons. The number of nitrogens with zero attached hydrogens (tertiary/aromatic N) is 1. The molecule has 3 rings (SSSR count). The molecule has 1 aliphatic carbocycles. The highest BCUT2D eigenvalue weighted by molar-refractivity contribution is 5.94. The van der Waals surface area contributed by atoms with Crippen molar-refractivity contribution >= 4 is 17.6 Å². The summed E-state index contributed by atoms with van der Waals surface area (Å²) in [7, 11) is 0. The van der Waals surface area contributed by atoms with Crippen LogP contribution in [0.5, 0.6) is 5.75 Å². The molecule has 160 valence electrons. The zero-order valence-corrected chi connectivity index (χ0v) is 16.0. The van der Waals surface area contributed by atoms with Crippen LogP contribution >= 0.6 is 0 Å². The maximum absolute atomic E-state index is 12.8. The fourth-order valence-corrected chi connectivity index (χ4v) is 3.75. The molecule has 0 spiro atoms. The van der Waals surface area contributed by atoms with Crippen molar-refractivity contribution in [3.8, 4) is 5.75 Å². The summed E-state index contributed by atoms with van der Waals surface area (Å²) in [6.07, 6.45) is -1.11. The van der Waals surface area contributed by atoms with Gasteiger partial charge in [-0.3, -0.25) is 9.59 Å². The first-order chi connectivity index (χ1) is 13.6. The molecular formula is C19H25F3N4O3. The van der Waals surface area contributed by atoms with Gasteiger partial charge in [0.05, 0.1) is 6.04 Å². The van der Waals surface area contributed by atoms with Gasteiger partial charge in [-0.25, -0.2) is 4.98 Å². The molecule has 2 aliphatic rings. The van der Waals surface area contributed by atoms with Crippen LogP contribution in [0.1, 0.15) is 39.0 Å². The summed E-state index contributed by atoms with van der Waals surface area (Å²) in [4.78, 5) is 28.2. The number of nitrogens with one attached hydrogen (secondary N) is 2. The Kier molecular flexibility index (Phi) is 6.30. The van der Waals surface area contributed by atoms with Crippen LogP contribution in [-0.2, 0) is 9.59 Å². The molecule has 3 atom stereocenters.